The fourth-order valence-electron chi connectivity index (χ4n) is 3.01. The predicted molar refractivity (Wildman–Crippen MR) is 82.5 cm³/mol. The fraction of sp³-hybridized carbons (Fsp3) is 0.533. The van der Waals surface area contributed by atoms with Crippen LogP contribution in [0, 0.1) is 0 Å². The molecule has 1 aromatic rings. The number of ether oxygens (including phenoxy) is 1. The zero-order chi connectivity index (χ0) is 14.8. The highest BCUT2D eigenvalue weighted by molar-refractivity contribution is 9.10. The number of fused-ring (bicyclic) bond motifs is 1. The molecule has 0 aromatic heterocycles. The normalized spacial score (nSPS) is 25.6. The van der Waals surface area contributed by atoms with Gasteiger partial charge in [0.2, 0.25) is 0 Å². The molecule has 6 heteroatoms. The van der Waals surface area contributed by atoms with Crippen molar-refractivity contribution in [1.29, 1.82) is 0 Å². The standard InChI is InChI=1S/C15H19BrN2O3/c16-10-3-4-13(14(19)6-10)15(20)17-7-12-8-18-5-1-2-11(18)9-21-12/h3-4,6,11-12,19H,1-2,5,7-9H2,(H,17,20). The van der Waals surface area contributed by atoms with Crippen LogP contribution in [0.4, 0.5) is 0 Å². The van der Waals surface area contributed by atoms with Gasteiger partial charge < -0.3 is 15.2 Å². The topological polar surface area (TPSA) is 61.8 Å². The molecular weight excluding hydrogens is 336 g/mol. The number of benzene rings is 1. The van der Waals surface area contributed by atoms with E-state index in [2.05, 4.69) is 26.1 Å². The second kappa shape index (κ2) is 6.34. The lowest BCUT2D eigenvalue weighted by atomic mass is 10.1. The summed E-state index contributed by atoms with van der Waals surface area (Å²) in [5.41, 5.74) is 0.285. The first kappa shape index (κ1) is 14.8. The second-order valence-corrected chi connectivity index (χ2v) is 6.53. The number of hydrogen-bond donors (Lipinski definition) is 2. The number of carbonyl (C=O) groups excluding carboxylic acids is 1. The van der Waals surface area contributed by atoms with E-state index in [0.29, 0.717) is 12.6 Å². The Morgan fingerprint density at radius 2 is 2.38 bits per heavy atom. The third kappa shape index (κ3) is 3.39. The summed E-state index contributed by atoms with van der Waals surface area (Å²) in [5, 5.41) is 12.6. The molecule has 5 nitrogen and oxygen atoms in total. The minimum absolute atomic E-state index is 0.0222. The lowest BCUT2D eigenvalue weighted by Gasteiger charge is -2.35. The second-order valence-electron chi connectivity index (χ2n) is 5.62. The van der Waals surface area contributed by atoms with Crippen molar-refractivity contribution in [2.45, 2.75) is 25.0 Å². The quantitative estimate of drug-likeness (QED) is 0.867. The number of nitrogens with one attached hydrogen (secondary N) is 1. The molecule has 2 heterocycles. The van der Waals surface area contributed by atoms with Crippen LogP contribution in [0.3, 0.4) is 0 Å². The molecule has 2 aliphatic rings. The third-order valence-electron chi connectivity index (χ3n) is 4.16. The van der Waals surface area contributed by atoms with E-state index in [4.69, 9.17) is 4.74 Å². The predicted octanol–water partition coefficient (Wildman–Crippen LogP) is 1.75. The van der Waals surface area contributed by atoms with Crippen molar-refractivity contribution >= 4 is 21.8 Å². The van der Waals surface area contributed by atoms with Crippen molar-refractivity contribution in [3.05, 3.63) is 28.2 Å². The van der Waals surface area contributed by atoms with Gasteiger partial charge in [-0.25, -0.2) is 0 Å². The number of nitrogens with zero attached hydrogens (tertiary/aromatic N) is 1. The summed E-state index contributed by atoms with van der Waals surface area (Å²) < 4.78 is 6.54. The Balaban J connectivity index is 1.54. The smallest absolute Gasteiger partial charge is 0.255 e. The van der Waals surface area contributed by atoms with E-state index >= 15 is 0 Å². The highest BCUT2D eigenvalue weighted by Gasteiger charge is 2.32. The molecule has 0 radical (unpaired) electrons. The molecule has 2 aliphatic heterocycles. The van der Waals surface area contributed by atoms with Crippen LogP contribution in [0.2, 0.25) is 0 Å². The maximum atomic E-state index is 12.1. The zero-order valence-electron chi connectivity index (χ0n) is 11.7. The molecule has 2 N–H and O–H groups in total. The summed E-state index contributed by atoms with van der Waals surface area (Å²) in [5.74, 6) is -0.293. The number of halogens is 1. The molecule has 0 aliphatic carbocycles. The van der Waals surface area contributed by atoms with E-state index in [9.17, 15) is 9.90 Å². The maximum absolute atomic E-state index is 12.1. The summed E-state index contributed by atoms with van der Waals surface area (Å²) in [6.07, 6.45) is 2.48. The van der Waals surface area contributed by atoms with Crippen molar-refractivity contribution in [1.82, 2.24) is 10.2 Å². The number of phenols is 1. The van der Waals surface area contributed by atoms with E-state index < -0.39 is 0 Å². The Kier molecular flexibility index (Phi) is 4.47. The maximum Gasteiger partial charge on any atom is 0.255 e. The van der Waals surface area contributed by atoms with Gasteiger partial charge in [-0.05, 0) is 37.6 Å². The Morgan fingerprint density at radius 1 is 1.52 bits per heavy atom. The monoisotopic (exact) mass is 354 g/mol. The number of hydrogen-bond acceptors (Lipinski definition) is 4. The van der Waals surface area contributed by atoms with Crippen LogP contribution < -0.4 is 5.32 Å². The van der Waals surface area contributed by atoms with Crippen LogP contribution in [0.1, 0.15) is 23.2 Å². The zero-order valence-corrected chi connectivity index (χ0v) is 13.3. The van der Waals surface area contributed by atoms with Gasteiger partial charge in [0.25, 0.3) is 5.91 Å². The minimum Gasteiger partial charge on any atom is -0.507 e. The number of aromatic hydroxyl groups is 1. The molecule has 0 saturated carbocycles. The van der Waals surface area contributed by atoms with Crippen LogP contribution in [0.15, 0.2) is 22.7 Å². The van der Waals surface area contributed by atoms with Gasteiger partial charge in [0, 0.05) is 23.6 Å². The number of morpholine rings is 1. The number of phenolic OH excluding ortho intramolecular Hbond substituents is 1. The number of rotatable bonds is 3. The summed E-state index contributed by atoms with van der Waals surface area (Å²) in [6, 6.07) is 5.42. The van der Waals surface area contributed by atoms with Gasteiger partial charge in [-0.15, -0.1) is 0 Å². The van der Waals surface area contributed by atoms with Gasteiger partial charge in [-0.3, -0.25) is 9.69 Å². The Labute approximate surface area is 132 Å². The van der Waals surface area contributed by atoms with Crippen LogP contribution in [-0.4, -0.2) is 54.3 Å². The number of amides is 1. The Hall–Kier alpha value is -1.11. The van der Waals surface area contributed by atoms with E-state index in [1.807, 2.05) is 0 Å². The lowest BCUT2D eigenvalue weighted by Crippen LogP contribution is -2.50. The van der Waals surface area contributed by atoms with Crippen molar-refractivity contribution in [2.75, 3.05) is 26.2 Å². The van der Waals surface area contributed by atoms with Gasteiger partial charge in [-0.1, -0.05) is 15.9 Å². The highest BCUT2D eigenvalue weighted by atomic mass is 79.9. The van der Waals surface area contributed by atoms with Gasteiger partial charge in [0.05, 0.1) is 18.3 Å². The van der Waals surface area contributed by atoms with E-state index in [1.54, 1.807) is 12.1 Å². The van der Waals surface area contributed by atoms with Gasteiger partial charge in [-0.2, -0.15) is 0 Å². The van der Waals surface area contributed by atoms with Gasteiger partial charge in [0.15, 0.2) is 0 Å². The average molecular weight is 355 g/mol. The molecule has 2 fully saturated rings. The number of carbonyl (C=O) groups is 1. The fourth-order valence-corrected chi connectivity index (χ4v) is 3.36. The van der Waals surface area contributed by atoms with Crippen LogP contribution in [0.5, 0.6) is 5.75 Å². The Morgan fingerprint density at radius 3 is 3.19 bits per heavy atom. The minimum atomic E-state index is -0.271. The van der Waals surface area contributed by atoms with E-state index in [-0.39, 0.29) is 23.3 Å². The van der Waals surface area contributed by atoms with Gasteiger partial charge in [0.1, 0.15) is 5.75 Å². The first-order chi connectivity index (χ1) is 10.1. The van der Waals surface area contributed by atoms with Crippen molar-refractivity contribution in [3.8, 4) is 5.75 Å². The molecular formula is C15H19BrN2O3. The molecule has 1 aromatic carbocycles. The Bertz CT molecular complexity index is 538. The summed E-state index contributed by atoms with van der Waals surface area (Å²) in [4.78, 5) is 14.5. The first-order valence-corrected chi connectivity index (χ1v) is 8.05. The third-order valence-corrected chi connectivity index (χ3v) is 4.65. The molecule has 1 amide bonds. The SMILES string of the molecule is O=C(NCC1CN2CCCC2CO1)c1ccc(Br)cc1O. The van der Waals surface area contributed by atoms with E-state index in [0.717, 1.165) is 24.2 Å². The first-order valence-electron chi connectivity index (χ1n) is 7.26. The molecule has 2 saturated heterocycles. The summed E-state index contributed by atoms with van der Waals surface area (Å²) >= 11 is 3.26. The van der Waals surface area contributed by atoms with Crippen LogP contribution >= 0.6 is 15.9 Å². The molecule has 3 rings (SSSR count). The van der Waals surface area contributed by atoms with Crippen LogP contribution in [-0.2, 0) is 4.74 Å². The molecule has 0 bridgehead atoms. The average Bonchev–Trinajstić information content (AvgIpc) is 2.92. The van der Waals surface area contributed by atoms with Crippen LogP contribution in [0.25, 0.3) is 0 Å². The van der Waals surface area contributed by atoms with E-state index in [1.165, 1.54) is 18.9 Å². The summed E-state index contributed by atoms with van der Waals surface area (Å²) in [7, 11) is 0. The summed E-state index contributed by atoms with van der Waals surface area (Å²) in [6.45, 7) is 3.23. The molecule has 2 atom stereocenters. The molecule has 0 spiro atoms. The van der Waals surface area contributed by atoms with Crippen molar-refractivity contribution in [3.63, 3.8) is 0 Å². The van der Waals surface area contributed by atoms with Crippen molar-refractivity contribution < 1.29 is 14.6 Å². The lowest BCUT2D eigenvalue weighted by molar-refractivity contribution is -0.0461. The highest BCUT2D eigenvalue weighted by Crippen LogP contribution is 2.23. The van der Waals surface area contributed by atoms with Crippen molar-refractivity contribution in [2.24, 2.45) is 0 Å². The molecule has 114 valence electrons. The molecule has 2 unspecified atom stereocenters. The largest absolute Gasteiger partial charge is 0.507 e. The van der Waals surface area contributed by atoms with Gasteiger partial charge >= 0.3 is 0 Å². The molecule has 21 heavy (non-hydrogen) atoms.